The third-order valence-corrected chi connectivity index (χ3v) is 4.52. The summed E-state index contributed by atoms with van der Waals surface area (Å²) in [4.78, 5) is 13.5. The standard InChI is InChI=1S/C8H14N2O3S/c11-8(10-3-2-9-6-10)7-1-4-14(12,13)5-7/h7,9H,1-6H2. The van der Waals surface area contributed by atoms with Gasteiger partial charge in [0.15, 0.2) is 9.84 Å². The fourth-order valence-corrected chi connectivity index (χ4v) is 3.68. The number of amides is 1. The number of sulfone groups is 1. The third-order valence-electron chi connectivity index (χ3n) is 2.75. The molecule has 0 aromatic carbocycles. The largest absolute Gasteiger partial charge is 0.328 e. The zero-order valence-corrected chi connectivity index (χ0v) is 8.72. The molecule has 0 aliphatic carbocycles. The molecule has 2 fully saturated rings. The zero-order chi connectivity index (χ0) is 10.2. The molecule has 0 aromatic heterocycles. The Hall–Kier alpha value is -0.620. The van der Waals surface area contributed by atoms with Crippen molar-refractivity contribution in [2.24, 2.45) is 5.92 Å². The molecule has 1 amide bonds. The van der Waals surface area contributed by atoms with Crippen LogP contribution in [0.2, 0.25) is 0 Å². The van der Waals surface area contributed by atoms with E-state index in [0.29, 0.717) is 19.6 Å². The van der Waals surface area contributed by atoms with Crippen LogP contribution in [0.25, 0.3) is 0 Å². The van der Waals surface area contributed by atoms with Crippen LogP contribution in [0.5, 0.6) is 0 Å². The summed E-state index contributed by atoms with van der Waals surface area (Å²) in [5, 5.41) is 3.05. The highest BCUT2D eigenvalue weighted by molar-refractivity contribution is 7.91. The lowest BCUT2D eigenvalue weighted by Crippen LogP contribution is -2.35. The van der Waals surface area contributed by atoms with Crippen LogP contribution >= 0.6 is 0 Å². The SMILES string of the molecule is O=C(C1CCS(=O)(=O)C1)N1CCNC1. The van der Waals surface area contributed by atoms with E-state index in [4.69, 9.17) is 0 Å². The predicted octanol–water partition coefficient (Wildman–Crippen LogP) is -1.19. The van der Waals surface area contributed by atoms with Crippen molar-refractivity contribution in [3.05, 3.63) is 0 Å². The molecule has 2 aliphatic heterocycles. The molecule has 2 heterocycles. The van der Waals surface area contributed by atoms with Gasteiger partial charge in [-0.1, -0.05) is 0 Å². The van der Waals surface area contributed by atoms with E-state index in [1.807, 2.05) is 0 Å². The highest BCUT2D eigenvalue weighted by atomic mass is 32.2. The van der Waals surface area contributed by atoms with Crippen LogP contribution in [0.4, 0.5) is 0 Å². The van der Waals surface area contributed by atoms with E-state index < -0.39 is 9.84 Å². The summed E-state index contributed by atoms with van der Waals surface area (Å²) in [5.74, 6) is -0.0801. The normalized spacial score (nSPS) is 30.9. The lowest BCUT2D eigenvalue weighted by molar-refractivity contribution is -0.133. The maximum Gasteiger partial charge on any atom is 0.227 e. The van der Waals surface area contributed by atoms with Crippen molar-refractivity contribution in [3.63, 3.8) is 0 Å². The van der Waals surface area contributed by atoms with Crippen LogP contribution in [-0.2, 0) is 14.6 Å². The van der Waals surface area contributed by atoms with Crippen molar-refractivity contribution in [1.29, 1.82) is 0 Å². The maximum absolute atomic E-state index is 11.8. The first-order chi connectivity index (χ1) is 6.58. The van der Waals surface area contributed by atoms with Gasteiger partial charge in [0.1, 0.15) is 0 Å². The molecule has 80 valence electrons. The fraction of sp³-hybridized carbons (Fsp3) is 0.875. The Labute approximate surface area is 83.4 Å². The van der Waals surface area contributed by atoms with Crippen LogP contribution in [-0.4, -0.2) is 50.5 Å². The van der Waals surface area contributed by atoms with Gasteiger partial charge in [-0.15, -0.1) is 0 Å². The lowest BCUT2D eigenvalue weighted by atomic mass is 10.1. The number of hydrogen-bond donors (Lipinski definition) is 1. The average Bonchev–Trinajstić information content (AvgIpc) is 2.72. The molecule has 1 atom stereocenters. The monoisotopic (exact) mass is 218 g/mol. The molecule has 0 radical (unpaired) electrons. The summed E-state index contributed by atoms with van der Waals surface area (Å²) in [6, 6.07) is 0. The number of carbonyl (C=O) groups is 1. The molecule has 2 aliphatic rings. The summed E-state index contributed by atoms with van der Waals surface area (Å²) in [6.45, 7) is 2.08. The van der Waals surface area contributed by atoms with E-state index in [1.54, 1.807) is 4.90 Å². The second-order valence-corrected chi connectivity index (χ2v) is 6.09. The molecular weight excluding hydrogens is 204 g/mol. The van der Waals surface area contributed by atoms with E-state index in [-0.39, 0.29) is 23.3 Å². The van der Waals surface area contributed by atoms with E-state index in [9.17, 15) is 13.2 Å². The summed E-state index contributed by atoms with van der Waals surface area (Å²) < 4.78 is 22.3. The molecule has 2 rings (SSSR count). The number of nitrogens with one attached hydrogen (secondary N) is 1. The minimum absolute atomic E-state index is 0.00363. The van der Waals surface area contributed by atoms with E-state index >= 15 is 0 Å². The van der Waals surface area contributed by atoms with Gasteiger partial charge in [-0.2, -0.15) is 0 Å². The maximum atomic E-state index is 11.8. The van der Waals surface area contributed by atoms with Gasteiger partial charge in [-0.3, -0.25) is 10.1 Å². The molecule has 0 spiro atoms. The van der Waals surface area contributed by atoms with Gasteiger partial charge in [-0.05, 0) is 6.42 Å². The Morgan fingerprint density at radius 1 is 1.43 bits per heavy atom. The first-order valence-electron chi connectivity index (χ1n) is 4.78. The topological polar surface area (TPSA) is 66.5 Å². The van der Waals surface area contributed by atoms with Crippen molar-refractivity contribution in [2.45, 2.75) is 6.42 Å². The Bertz CT molecular complexity index is 332. The molecule has 0 bridgehead atoms. The smallest absolute Gasteiger partial charge is 0.227 e. The van der Waals surface area contributed by atoms with Crippen molar-refractivity contribution in [1.82, 2.24) is 10.2 Å². The molecule has 6 heteroatoms. The molecule has 5 nitrogen and oxygen atoms in total. The summed E-state index contributed by atoms with van der Waals surface area (Å²) >= 11 is 0. The zero-order valence-electron chi connectivity index (χ0n) is 7.90. The summed E-state index contributed by atoms with van der Waals surface area (Å²) in [7, 11) is -2.94. The number of carbonyl (C=O) groups excluding carboxylic acids is 1. The van der Waals surface area contributed by atoms with Crippen molar-refractivity contribution in [2.75, 3.05) is 31.3 Å². The molecule has 1 N–H and O–H groups in total. The first kappa shape index (κ1) is 9.92. The Morgan fingerprint density at radius 2 is 2.21 bits per heavy atom. The van der Waals surface area contributed by atoms with Gasteiger partial charge in [-0.25, -0.2) is 8.42 Å². The predicted molar refractivity (Wildman–Crippen MR) is 51.3 cm³/mol. The Balaban J connectivity index is 1.99. The van der Waals surface area contributed by atoms with Crippen LogP contribution < -0.4 is 5.32 Å². The number of rotatable bonds is 1. The van der Waals surface area contributed by atoms with Crippen molar-refractivity contribution >= 4 is 15.7 Å². The Kier molecular flexibility index (Phi) is 2.48. The summed E-state index contributed by atoms with van der Waals surface area (Å²) in [6.07, 6.45) is 0.498. The number of hydrogen-bond acceptors (Lipinski definition) is 4. The average molecular weight is 218 g/mol. The van der Waals surface area contributed by atoms with E-state index in [2.05, 4.69) is 5.32 Å². The van der Waals surface area contributed by atoms with Crippen LogP contribution in [0.3, 0.4) is 0 Å². The van der Waals surface area contributed by atoms with Gasteiger partial charge in [0.05, 0.1) is 24.1 Å². The van der Waals surface area contributed by atoms with E-state index in [1.165, 1.54) is 0 Å². The molecular formula is C8H14N2O3S. The molecule has 1 unspecified atom stereocenters. The van der Waals surface area contributed by atoms with Gasteiger partial charge in [0.2, 0.25) is 5.91 Å². The van der Waals surface area contributed by atoms with Gasteiger partial charge >= 0.3 is 0 Å². The highest BCUT2D eigenvalue weighted by Gasteiger charge is 2.35. The van der Waals surface area contributed by atoms with Gasteiger partial charge in [0.25, 0.3) is 0 Å². The van der Waals surface area contributed by atoms with E-state index in [0.717, 1.165) is 6.54 Å². The second-order valence-electron chi connectivity index (χ2n) is 3.86. The Morgan fingerprint density at radius 3 is 2.71 bits per heavy atom. The van der Waals surface area contributed by atoms with Crippen LogP contribution in [0, 0.1) is 5.92 Å². The fourth-order valence-electron chi connectivity index (χ4n) is 1.94. The molecule has 2 saturated heterocycles. The molecule has 0 aromatic rings. The van der Waals surface area contributed by atoms with Crippen molar-refractivity contribution < 1.29 is 13.2 Å². The summed E-state index contributed by atoms with van der Waals surface area (Å²) in [5.41, 5.74) is 0. The van der Waals surface area contributed by atoms with Crippen LogP contribution in [0.15, 0.2) is 0 Å². The van der Waals surface area contributed by atoms with Crippen molar-refractivity contribution in [3.8, 4) is 0 Å². The quantitative estimate of drug-likeness (QED) is 0.601. The lowest BCUT2D eigenvalue weighted by Gasteiger charge is -2.17. The molecule has 14 heavy (non-hydrogen) atoms. The molecule has 0 saturated carbocycles. The number of nitrogens with zero attached hydrogens (tertiary/aromatic N) is 1. The minimum Gasteiger partial charge on any atom is -0.328 e. The second kappa shape index (κ2) is 3.51. The van der Waals surface area contributed by atoms with Gasteiger partial charge < -0.3 is 4.90 Å². The highest BCUT2D eigenvalue weighted by Crippen LogP contribution is 2.20. The minimum atomic E-state index is -2.94. The first-order valence-corrected chi connectivity index (χ1v) is 6.60. The third kappa shape index (κ3) is 1.90. The van der Waals surface area contributed by atoms with Gasteiger partial charge in [0, 0.05) is 13.1 Å². The van der Waals surface area contributed by atoms with Crippen LogP contribution in [0.1, 0.15) is 6.42 Å².